The van der Waals surface area contributed by atoms with Gasteiger partial charge in [-0.25, -0.2) is 0 Å². The summed E-state index contributed by atoms with van der Waals surface area (Å²) in [5, 5.41) is 12.3. The summed E-state index contributed by atoms with van der Waals surface area (Å²) < 4.78 is 5.49. The van der Waals surface area contributed by atoms with Crippen molar-refractivity contribution in [1.29, 1.82) is 0 Å². The number of para-hydroxylation sites is 1. The highest BCUT2D eigenvalue weighted by Crippen LogP contribution is 2.16. The third kappa shape index (κ3) is 5.81. The molecule has 3 aromatic carbocycles. The van der Waals surface area contributed by atoms with Crippen LogP contribution < -0.4 is 10.1 Å². The number of hydrogen-bond donors (Lipinski definition) is 2. The van der Waals surface area contributed by atoms with Crippen molar-refractivity contribution in [3.63, 3.8) is 0 Å². The minimum atomic E-state index is -0.256. The van der Waals surface area contributed by atoms with Crippen LogP contribution in [0, 0.1) is 6.92 Å². The van der Waals surface area contributed by atoms with Gasteiger partial charge in [-0.15, -0.1) is 0 Å². The van der Waals surface area contributed by atoms with Crippen LogP contribution in [0.4, 0.5) is 5.69 Å². The Balaban J connectivity index is 1.53. The van der Waals surface area contributed by atoms with Crippen LogP contribution in [0.3, 0.4) is 0 Å². The quantitative estimate of drug-likeness (QED) is 0.458. The lowest BCUT2D eigenvalue weighted by atomic mass is 10.1. The Hall–Kier alpha value is -3.86. The number of nitrogens with one attached hydrogen (secondary N) is 1. The summed E-state index contributed by atoms with van der Waals surface area (Å²) in [4.78, 5) is 24.3. The molecule has 0 saturated carbocycles. The van der Waals surface area contributed by atoms with Gasteiger partial charge in [-0.05, 0) is 66.6 Å². The maximum Gasteiger partial charge on any atom is 0.262 e. The molecule has 1 amide bonds. The van der Waals surface area contributed by atoms with E-state index in [1.165, 1.54) is 6.08 Å². The number of rotatable bonds is 7. The molecular formula is C24H21NO4. The minimum Gasteiger partial charge on any atom is -0.508 e. The molecule has 3 rings (SSSR count). The van der Waals surface area contributed by atoms with Gasteiger partial charge in [0.2, 0.25) is 0 Å². The Morgan fingerprint density at radius 2 is 1.76 bits per heavy atom. The Labute approximate surface area is 169 Å². The highest BCUT2D eigenvalue weighted by atomic mass is 16.5. The Morgan fingerprint density at radius 3 is 2.48 bits per heavy atom. The SMILES string of the molecule is Cc1ccccc1NC(=O)COc1ccc(C(=O)/C=C/c2cccc(O)c2)cc1. The number of allylic oxidation sites excluding steroid dienone is 1. The molecule has 0 unspecified atom stereocenters. The van der Waals surface area contributed by atoms with Crippen LogP contribution in [0.15, 0.2) is 78.9 Å². The number of amides is 1. The predicted molar refractivity (Wildman–Crippen MR) is 113 cm³/mol. The van der Waals surface area contributed by atoms with Crippen LogP contribution in [-0.2, 0) is 4.79 Å². The molecule has 0 bridgehead atoms. The van der Waals surface area contributed by atoms with E-state index < -0.39 is 0 Å². The lowest BCUT2D eigenvalue weighted by Gasteiger charge is -2.09. The first-order chi connectivity index (χ1) is 14.0. The van der Waals surface area contributed by atoms with Gasteiger partial charge in [-0.1, -0.05) is 36.4 Å². The van der Waals surface area contributed by atoms with Gasteiger partial charge in [0.05, 0.1) is 0 Å². The zero-order valence-corrected chi connectivity index (χ0v) is 16.0. The fourth-order valence-corrected chi connectivity index (χ4v) is 2.66. The molecule has 0 atom stereocenters. The zero-order valence-electron chi connectivity index (χ0n) is 16.0. The molecule has 5 nitrogen and oxygen atoms in total. The Kier molecular flexibility index (Phi) is 6.43. The second kappa shape index (κ2) is 9.37. The fourth-order valence-electron chi connectivity index (χ4n) is 2.66. The summed E-state index contributed by atoms with van der Waals surface area (Å²) in [5.74, 6) is 0.219. The predicted octanol–water partition coefficient (Wildman–Crippen LogP) is 4.61. The van der Waals surface area contributed by atoms with Crippen molar-refractivity contribution in [3.05, 3.63) is 95.6 Å². The normalized spacial score (nSPS) is 10.7. The summed E-state index contributed by atoms with van der Waals surface area (Å²) in [7, 11) is 0. The van der Waals surface area contributed by atoms with Crippen LogP contribution in [0.1, 0.15) is 21.5 Å². The van der Waals surface area contributed by atoms with Crippen molar-refractivity contribution in [2.24, 2.45) is 0 Å². The number of hydrogen-bond acceptors (Lipinski definition) is 4. The van der Waals surface area contributed by atoms with Gasteiger partial charge >= 0.3 is 0 Å². The largest absolute Gasteiger partial charge is 0.508 e. The number of aryl methyl sites for hydroxylation is 1. The lowest BCUT2D eigenvalue weighted by Crippen LogP contribution is -2.20. The first kappa shape index (κ1) is 19.9. The highest BCUT2D eigenvalue weighted by Gasteiger charge is 2.07. The van der Waals surface area contributed by atoms with Crippen LogP contribution in [0.2, 0.25) is 0 Å². The maximum atomic E-state index is 12.3. The van der Waals surface area contributed by atoms with Gasteiger partial charge in [0.25, 0.3) is 5.91 Å². The standard InChI is InChI=1S/C24H21NO4/c1-17-5-2-3-8-22(17)25-24(28)16-29-21-12-10-19(11-13-21)23(27)14-9-18-6-4-7-20(26)15-18/h2-15,26H,16H2,1H3,(H,25,28)/b14-9+. The molecule has 29 heavy (non-hydrogen) atoms. The summed E-state index contributed by atoms with van der Waals surface area (Å²) in [5.41, 5.74) is 2.96. The Bertz CT molecular complexity index is 1040. The summed E-state index contributed by atoms with van der Waals surface area (Å²) in [6.07, 6.45) is 3.09. The van der Waals surface area contributed by atoms with Gasteiger partial charge in [0.1, 0.15) is 11.5 Å². The van der Waals surface area contributed by atoms with Crippen LogP contribution in [-0.4, -0.2) is 23.4 Å². The molecule has 0 aromatic heterocycles. The van der Waals surface area contributed by atoms with E-state index in [9.17, 15) is 14.7 Å². The molecular weight excluding hydrogens is 366 g/mol. The summed E-state index contributed by atoms with van der Waals surface area (Å²) in [6.45, 7) is 1.79. The van der Waals surface area contributed by atoms with E-state index >= 15 is 0 Å². The van der Waals surface area contributed by atoms with E-state index in [1.807, 2.05) is 31.2 Å². The van der Waals surface area contributed by atoms with Crippen molar-refractivity contribution in [2.45, 2.75) is 6.92 Å². The molecule has 0 aliphatic carbocycles. The molecule has 2 N–H and O–H groups in total. The van der Waals surface area contributed by atoms with Crippen LogP contribution in [0.25, 0.3) is 6.08 Å². The topological polar surface area (TPSA) is 75.6 Å². The van der Waals surface area contributed by atoms with E-state index in [0.29, 0.717) is 11.3 Å². The second-order valence-corrected chi connectivity index (χ2v) is 6.47. The minimum absolute atomic E-state index is 0.126. The van der Waals surface area contributed by atoms with Crippen molar-refractivity contribution < 1.29 is 19.4 Å². The molecule has 3 aromatic rings. The molecule has 0 aliphatic rings. The van der Waals surface area contributed by atoms with E-state index in [-0.39, 0.29) is 24.0 Å². The molecule has 0 aliphatic heterocycles. The Morgan fingerprint density at radius 1 is 1.00 bits per heavy atom. The number of ketones is 1. The van der Waals surface area contributed by atoms with Gasteiger partial charge in [-0.2, -0.15) is 0 Å². The van der Waals surface area contributed by atoms with Crippen molar-refractivity contribution in [2.75, 3.05) is 11.9 Å². The number of phenolic OH excluding ortho intramolecular Hbond substituents is 1. The van der Waals surface area contributed by atoms with Crippen LogP contribution >= 0.6 is 0 Å². The number of carbonyl (C=O) groups is 2. The number of benzene rings is 3. The van der Waals surface area contributed by atoms with E-state index in [0.717, 1.165) is 16.8 Å². The average Bonchev–Trinajstić information content (AvgIpc) is 2.73. The number of ether oxygens (including phenoxy) is 1. The van der Waals surface area contributed by atoms with E-state index in [1.54, 1.807) is 54.6 Å². The third-order valence-corrected chi connectivity index (χ3v) is 4.23. The number of aromatic hydroxyl groups is 1. The van der Waals surface area contributed by atoms with Crippen LogP contribution in [0.5, 0.6) is 11.5 Å². The zero-order chi connectivity index (χ0) is 20.6. The molecule has 0 fully saturated rings. The van der Waals surface area contributed by atoms with Gasteiger partial charge in [0.15, 0.2) is 12.4 Å². The van der Waals surface area contributed by atoms with Gasteiger partial charge in [0, 0.05) is 11.3 Å². The fraction of sp³-hybridized carbons (Fsp3) is 0.0833. The number of anilines is 1. The van der Waals surface area contributed by atoms with Crippen molar-refractivity contribution >= 4 is 23.5 Å². The molecule has 5 heteroatoms. The molecule has 0 heterocycles. The van der Waals surface area contributed by atoms with Gasteiger partial charge in [-0.3, -0.25) is 9.59 Å². The molecule has 0 spiro atoms. The lowest BCUT2D eigenvalue weighted by molar-refractivity contribution is -0.118. The summed E-state index contributed by atoms with van der Waals surface area (Å²) >= 11 is 0. The van der Waals surface area contributed by atoms with E-state index in [4.69, 9.17) is 4.74 Å². The highest BCUT2D eigenvalue weighted by molar-refractivity contribution is 6.06. The van der Waals surface area contributed by atoms with Crippen molar-refractivity contribution in [1.82, 2.24) is 0 Å². The number of carbonyl (C=O) groups excluding carboxylic acids is 2. The number of phenols is 1. The third-order valence-electron chi connectivity index (χ3n) is 4.23. The second-order valence-electron chi connectivity index (χ2n) is 6.47. The maximum absolute atomic E-state index is 12.3. The van der Waals surface area contributed by atoms with Gasteiger partial charge < -0.3 is 15.2 Å². The van der Waals surface area contributed by atoms with E-state index in [2.05, 4.69) is 5.32 Å². The first-order valence-electron chi connectivity index (χ1n) is 9.11. The molecule has 0 saturated heterocycles. The van der Waals surface area contributed by atoms with Crippen molar-refractivity contribution in [3.8, 4) is 11.5 Å². The monoisotopic (exact) mass is 387 g/mol. The average molecular weight is 387 g/mol. The molecule has 146 valence electrons. The smallest absolute Gasteiger partial charge is 0.262 e. The summed E-state index contributed by atoms with van der Waals surface area (Å²) in [6, 6.07) is 20.7. The first-order valence-corrected chi connectivity index (χ1v) is 9.11. The molecule has 0 radical (unpaired) electrons.